The van der Waals surface area contributed by atoms with Crippen LogP contribution in [0.15, 0.2) is 69.5 Å². The van der Waals surface area contributed by atoms with Gasteiger partial charge in [-0.1, -0.05) is 49.1 Å². The van der Waals surface area contributed by atoms with Crippen molar-refractivity contribution < 1.29 is 23.8 Å². The van der Waals surface area contributed by atoms with Gasteiger partial charge >= 0.3 is 0 Å². The average molecular weight is 633 g/mol. The number of carbonyl (C=O) groups is 2. The molecule has 2 aliphatic rings. The molecule has 0 saturated carbocycles. The maximum absolute atomic E-state index is 13.7. The number of aromatic nitrogens is 2. The maximum Gasteiger partial charge on any atom is 0.234 e. The number of ether oxygens (including phenoxy) is 3. The predicted molar refractivity (Wildman–Crippen MR) is 169 cm³/mol. The summed E-state index contributed by atoms with van der Waals surface area (Å²) in [5, 5.41) is 22.2. The number of amides is 1. The summed E-state index contributed by atoms with van der Waals surface area (Å²) in [5.41, 5.74) is 9.21. The summed E-state index contributed by atoms with van der Waals surface area (Å²) in [6, 6.07) is 14.7. The Morgan fingerprint density at radius 2 is 1.75 bits per heavy atom. The standard InChI is InChI=1S/C31H32N6O5S2/c1-31(2)13-23-27(24(38)14-31)26(17-6-8-19(40-3)9-7-17)22(15-32)28(33)37(23)29-35-36-30(44-29)43-16-25(39)34-18-10-20(41-4)12-21(11-18)42-5/h6-12,26H,13-14,16,33H2,1-5H3,(H,34,39). The van der Waals surface area contributed by atoms with Gasteiger partial charge in [-0.05, 0) is 29.5 Å². The number of anilines is 2. The average Bonchev–Trinajstić information content (AvgIpc) is 3.47. The minimum absolute atomic E-state index is 0.0349. The van der Waals surface area contributed by atoms with Crippen molar-refractivity contribution in [3.63, 3.8) is 0 Å². The zero-order valence-corrected chi connectivity index (χ0v) is 26.6. The summed E-state index contributed by atoms with van der Waals surface area (Å²) in [7, 11) is 4.66. The van der Waals surface area contributed by atoms with Crippen LogP contribution >= 0.6 is 23.1 Å². The van der Waals surface area contributed by atoms with Gasteiger partial charge in [0.05, 0.1) is 44.6 Å². The van der Waals surface area contributed by atoms with Crippen molar-refractivity contribution in [1.29, 1.82) is 5.26 Å². The molecule has 3 aromatic rings. The van der Waals surface area contributed by atoms with Crippen LogP contribution in [0.3, 0.4) is 0 Å². The fraction of sp³-hybridized carbons (Fsp3) is 0.323. The van der Waals surface area contributed by atoms with Gasteiger partial charge in [0.25, 0.3) is 0 Å². The second kappa shape index (κ2) is 12.6. The van der Waals surface area contributed by atoms with Crippen LogP contribution in [0.25, 0.3) is 0 Å². The molecule has 1 aliphatic carbocycles. The molecule has 2 aromatic carbocycles. The molecule has 11 nitrogen and oxygen atoms in total. The first kappa shape index (κ1) is 30.9. The number of nitrogens with two attached hydrogens (primary N) is 1. The molecular weight excluding hydrogens is 601 g/mol. The number of nitrogens with zero attached hydrogens (tertiary/aromatic N) is 4. The fourth-order valence-electron chi connectivity index (χ4n) is 5.41. The molecule has 1 unspecified atom stereocenters. The molecule has 0 fully saturated rings. The van der Waals surface area contributed by atoms with E-state index >= 15 is 0 Å². The predicted octanol–water partition coefficient (Wildman–Crippen LogP) is 5.24. The largest absolute Gasteiger partial charge is 0.497 e. The number of rotatable bonds is 9. The van der Waals surface area contributed by atoms with Crippen LogP contribution in [0.1, 0.15) is 38.2 Å². The van der Waals surface area contributed by atoms with E-state index in [2.05, 4.69) is 21.6 Å². The van der Waals surface area contributed by atoms with Gasteiger partial charge in [0.2, 0.25) is 11.0 Å². The Hall–Kier alpha value is -4.54. The van der Waals surface area contributed by atoms with Crippen LogP contribution in [0.4, 0.5) is 10.8 Å². The molecule has 5 rings (SSSR count). The first-order valence-corrected chi connectivity index (χ1v) is 15.5. The van der Waals surface area contributed by atoms with E-state index in [1.807, 2.05) is 26.0 Å². The molecule has 1 atom stereocenters. The number of benzene rings is 2. The Bertz CT molecular complexity index is 1680. The minimum Gasteiger partial charge on any atom is -0.497 e. The molecule has 0 bridgehead atoms. The maximum atomic E-state index is 13.7. The fourth-order valence-corrected chi connectivity index (χ4v) is 7.09. The number of hydrogen-bond acceptors (Lipinski definition) is 12. The second-order valence-corrected chi connectivity index (χ2v) is 13.2. The van der Waals surface area contributed by atoms with Crippen LogP contribution in [-0.2, 0) is 9.59 Å². The Balaban J connectivity index is 1.43. The van der Waals surface area contributed by atoms with Crippen molar-refractivity contribution in [3.05, 3.63) is 70.7 Å². The molecule has 2 heterocycles. The monoisotopic (exact) mass is 632 g/mol. The van der Waals surface area contributed by atoms with E-state index in [4.69, 9.17) is 19.9 Å². The molecule has 44 heavy (non-hydrogen) atoms. The van der Waals surface area contributed by atoms with Gasteiger partial charge in [0.15, 0.2) is 10.1 Å². The number of ketones is 1. The highest BCUT2D eigenvalue weighted by Gasteiger charge is 2.45. The summed E-state index contributed by atoms with van der Waals surface area (Å²) in [4.78, 5) is 28.2. The second-order valence-electron chi connectivity index (χ2n) is 11.0. The third-order valence-corrected chi connectivity index (χ3v) is 9.42. The summed E-state index contributed by atoms with van der Waals surface area (Å²) in [5.74, 6) is 1.15. The number of Topliss-reactive ketones (excluding diaryl/α,β-unsaturated/α-hetero) is 1. The number of carbonyl (C=O) groups excluding carboxylic acids is 2. The van der Waals surface area contributed by atoms with Crippen molar-refractivity contribution in [2.45, 2.75) is 36.9 Å². The van der Waals surface area contributed by atoms with Gasteiger partial charge in [-0.25, -0.2) is 0 Å². The zero-order chi connectivity index (χ0) is 31.6. The molecule has 1 aromatic heterocycles. The SMILES string of the molecule is COc1ccc(C2C(C#N)=C(N)N(c3nnc(SCC(=O)Nc4cc(OC)cc(OC)c4)s3)C3=C2C(=O)CC(C)(C)C3)cc1. The van der Waals surface area contributed by atoms with Crippen LogP contribution in [0.5, 0.6) is 17.2 Å². The van der Waals surface area contributed by atoms with E-state index in [9.17, 15) is 14.9 Å². The summed E-state index contributed by atoms with van der Waals surface area (Å²) < 4.78 is 16.4. The van der Waals surface area contributed by atoms with Gasteiger partial charge in [-0.2, -0.15) is 5.26 Å². The van der Waals surface area contributed by atoms with E-state index in [-0.39, 0.29) is 34.3 Å². The highest BCUT2D eigenvalue weighted by molar-refractivity contribution is 8.01. The van der Waals surface area contributed by atoms with Gasteiger partial charge in [-0.15, -0.1) is 10.2 Å². The molecule has 1 amide bonds. The van der Waals surface area contributed by atoms with Crippen molar-refractivity contribution in [3.8, 4) is 23.3 Å². The van der Waals surface area contributed by atoms with Crippen molar-refractivity contribution in [1.82, 2.24) is 10.2 Å². The van der Waals surface area contributed by atoms with Gasteiger partial charge in [-0.3, -0.25) is 14.5 Å². The minimum atomic E-state index is -0.610. The van der Waals surface area contributed by atoms with E-state index in [1.54, 1.807) is 42.3 Å². The Labute approximate surface area is 263 Å². The smallest absolute Gasteiger partial charge is 0.234 e. The van der Waals surface area contributed by atoms with Crippen LogP contribution in [0, 0.1) is 16.7 Å². The quantitative estimate of drug-likeness (QED) is 0.298. The summed E-state index contributed by atoms with van der Waals surface area (Å²) in [6.07, 6.45) is 0.894. The molecule has 3 N–H and O–H groups in total. The Morgan fingerprint density at radius 3 is 2.36 bits per heavy atom. The van der Waals surface area contributed by atoms with Gasteiger partial charge in [0, 0.05) is 41.6 Å². The third-order valence-electron chi connectivity index (χ3n) is 7.38. The molecule has 1 aliphatic heterocycles. The van der Waals surface area contributed by atoms with Crippen LogP contribution in [0.2, 0.25) is 0 Å². The molecule has 13 heteroatoms. The topological polar surface area (TPSA) is 153 Å². The van der Waals surface area contributed by atoms with Crippen molar-refractivity contribution in [2.24, 2.45) is 11.1 Å². The van der Waals surface area contributed by atoms with E-state index in [0.29, 0.717) is 56.5 Å². The lowest BCUT2D eigenvalue weighted by Crippen LogP contribution is -2.42. The van der Waals surface area contributed by atoms with E-state index in [1.165, 1.54) is 37.3 Å². The zero-order valence-electron chi connectivity index (χ0n) is 25.0. The molecular formula is C31H32N6O5S2. The highest BCUT2D eigenvalue weighted by Crippen LogP contribution is 2.50. The molecule has 0 spiro atoms. The van der Waals surface area contributed by atoms with Crippen LogP contribution < -0.4 is 30.2 Å². The van der Waals surface area contributed by atoms with Crippen molar-refractivity contribution in [2.75, 3.05) is 37.3 Å². The number of nitrogens with one attached hydrogen (secondary N) is 1. The lowest BCUT2D eigenvalue weighted by Gasteiger charge is -2.42. The lowest BCUT2D eigenvalue weighted by atomic mass is 9.68. The Kier molecular flexibility index (Phi) is 8.85. The summed E-state index contributed by atoms with van der Waals surface area (Å²) in [6.45, 7) is 4.07. The Morgan fingerprint density at radius 1 is 1.09 bits per heavy atom. The van der Waals surface area contributed by atoms with E-state index in [0.717, 1.165) is 5.56 Å². The number of methoxy groups -OCH3 is 3. The third kappa shape index (κ3) is 6.22. The number of hydrogen-bond donors (Lipinski definition) is 2. The number of nitriles is 1. The van der Waals surface area contributed by atoms with Gasteiger partial charge in [0.1, 0.15) is 23.1 Å². The highest BCUT2D eigenvalue weighted by atomic mass is 32.2. The van der Waals surface area contributed by atoms with Gasteiger partial charge < -0.3 is 25.3 Å². The number of thioether (sulfide) groups is 1. The lowest BCUT2D eigenvalue weighted by molar-refractivity contribution is -0.118. The number of allylic oxidation sites excluding steroid dienone is 3. The normalized spacial score (nSPS) is 17.6. The molecule has 228 valence electrons. The van der Waals surface area contributed by atoms with E-state index < -0.39 is 5.92 Å². The van der Waals surface area contributed by atoms with Crippen LogP contribution in [-0.4, -0.2) is 49.0 Å². The van der Waals surface area contributed by atoms with Crippen molar-refractivity contribution >= 4 is 45.6 Å². The first-order valence-electron chi connectivity index (χ1n) is 13.7. The molecule has 0 radical (unpaired) electrons. The first-order chi connectivity index (χ1) is 21.1. The molecule has 0 saturated heterocycles. The summed E-state index contributed by atoms with van der Waals surface area (Å²) >= 11 is 2.45.